The number of hydrogen-bond acceptors (Lipinski definition) is 6. The molecule has 1 saturated heterocycles. The van der Waals surface area contributed by atoms with Crippen LogP contribution in [0.1, 0.15) is 4.88 Å². The van der Waals surface area contributed by atoms with E-state index in [0.717, 1.165) is 34.0 Å². The molecule has 3 rings (SSSR count). The quantitative estimate of drug-likeness (QED) is 0.644. The van der Waals surface area contributed by atoms with Crippen LogP contribution in [-0.4, -0.2) is 43.4 Å². The molecule has 2 aromatic rings. The first-order valence-electron chi connectivity index (χ1n) is 6.27. The zero-order valence-corrected chi connectivity index (χ0v) is 12.6. The maximum absolute atomic E-state index is 6.04. The molecule has 0 amide bonds. The van der Waals surface area contributed by atoms with Gasteiger partial charge < -0.3 is 14.4 Å². The lowest BCUT2D eigenvalue weighted by molar-refractivity contribution is 0.122. The minimum atomic E-state index is 0.277. The number of aromatic nitrogens is 2. The second kappa shape index (κ2) is 5.95. The summed E-state index contributed by atoms with van der Waals surface area (Å²) in [5.41, 5.74) is 0.868. The topological polar surface area (TPSA) is 47.5 Å². The largest absolute Gasteiger partial charge is 0.504 e. The van der Waals surface area contributed by atoms with Crippen LogP contribution < -0.4 is 4.90 Å². The highest BCUT2D eigenvalue weighted by molar-refractivity contribution is 7.20. The van der Waals surface area contributed by atoms with Crippen molar-refractivity contribution < 1.29 is 9.47 Å². The third-order valence-electron chi connectivity index (χ3n) is 3.02. The number of ether oxygens (including phenoxy) is 2. The molecule has 5 nitrogen and oxygen atoms in total. The Morgan fingerprint density at radius 3 is 2.95 bits per heavy atom. The van der Waals surface area contributed by atoms with Gasteiger partial charge in [0.25, 0.3) is 0 Å². The molecule has 1 aliphatic heterocycles. The summed E-state index contributed by atoms with van der Waals surface area (Å²) in [4.78, 5) is 11.9. The number of anilines is 1. The molecule has 0 aromatic carbocycles. The van der Waals surface area contributed by atoms with Gasteiger partial charge >= 0.3 is 0 Å². The van der Waals surface area contributed by atoms with Gasteiger partial charge in [-0.2, -0.15) is 4.98 Å². The third kappa shape index (κ3) is 2.72. The molecule has 0 atom stereocenters. The molecule has 0 radical (unpaired) electrons. The van der Waals surface area contributed by atoms with Crippen molar-refractivity contribution in [2.75, 3.05) is 38.3 Å². The average Bonchev–Trinajstić information content (AvgIpc) is 2.87. The summed E-state index contributed by atoms with van der Waals surface area (Å²) in [5, 5.41) is 0.277. The molecule has 1 aliphatic rings. The van der Waals surface area contributed by atoms with Crippen molar-refractivity contribution >= 4 is 45.0 Å². The summed E-state index contributed by atoms with van der Waals surface area (Å²) < 4.78 is 11.4. The minimum absolute atomic E-state index is 0.277. The van der Waals surface area contributed by atoms with Gasteiger partial charge in [0, 0.05) is 18.0 Å². The van der Waals surface area contributed by atoms with E-state index >= 15 is 0 Å². The van der Waals surface area contributed by atoms with Crippen LogP contribution in [0.3, 0.4) is 0 Å². The lowest BCUT2D eigenvalue weighted by atomic mass is 10.3. The summed E-state index contributed by atoms with van der Waals surface area (Å²) >= 11 is 7.67. The van der Waals surface area contributed by atoms with Crippen molar-refractivity contribution in [1.29, 1.82) is 0 Å². The van der Waals surface area contributed by atoms with Gasteiger partial charge in [-0.25, -0.2) is 4.98 Å². The highest BCUT2D eigenvalue weighted by Gasteiger charge is 2.18. The van der Waals surface area contributed by atoms with E-state index in [0.29, 0.717) is 13.2 Å². The van der Waals surface area contributed by atoms with Gasteiger partial charge in [-0.1, -0.05) is 0 Å². The first-order chi connectivity index (χ1) is 9.78. The van der Waals surface area contributed by atoms with Crippen LogP contribution in [0.4, 0.5) is 5.82 Å². The molecule has 3 heterocycles. The van der Waals surface area contributed by atoms with Crippen molar-refractivity contribution in [2.24, 2.45) is 0 Å². The summed E-state index contributed by atoms with van der Waals surface area (Å²) in [6.45, 7) is 3.07. The van der Waals surface area contributed by atoms with E-state index in [4.69, 9.17) is 21.1 Å². The van der Waals surface area contributed by atoms with Crippen molar-refractivity contribution in [3.8, 4) is 0 Å². The Balaban J connectivity index is 2.05. The average molecular weight is 312 g/mol. The Hall–Kier alpha value is -1.37. The second-order valence-electron chi connectivity index (χ2n) is 4.32. The highest BCUT2D eigenvalue weighted by Crippen LogP contribution is 2.33. The van der Waals surface area contributed by atoms with E-state index in [2.05, 4.69) is 14.9 Å². The summed E-state index contributed by atoms with van der Waals surface area (Å²) in [6.07, 6.45) is 3.55. The number of halogens is 1. The van der Waals surface area contributed by atoms with Gasteiger partial charge in [0.2, 0.25) is 5.28 Å². The molecule has 0 N–H and O–H groups in total. The summed E-state index contributed by atoms with van der Waals surface area (Å²) in [5.74, 6) is 0.894. The maximum atomic E-state index is 6.04. The Labute approximate surface area is 125 Å². The Kier molecular flexibility index (Phi) is 4.05. The highest BCUT2D eigenvalue weighted by atomic mass is 35.5. The van der Waals surface area contributed by atoms with E-state index < -0.39 is 0 Å². The van der Waals surface area contributed by atoms with E-state index in [1.54, 1.807) is 24.7 Å². The molecular weight excluding hydrogens is 298 g/mol. The van der Waals surface area contributed by atoms with Gasteiger partial charge in [-0.3, -0.25) is 0 Å². The lowest BCUT2D eigenvalue weighted by Gasteiger charge is -2.28. The van der Waals surface area contributed by atoms with E-state index in [1.807, 2.05) is 12.1 Å². The number of rotatable bonds is 3. The first kappa shape index (κ1) is 13.6. The Morgan fingerprint density at radius 1 is 1.40 bits per heavy atom. The van der Waals surface area contributed by atoms with Gasteiger partial charge in [0.05, 0.1) is 36.8 Å². The Bertz CT molecular complexity index is 638. The van der Waals surface area contributed by atoms with E-state index in [9.17, 15) is 0 Å². The van der Waals surface area contributed by atoms with Crippen LogP contribution in [0.2, 0.25) is 5.28 Å². The Morgan fingerprint density at radius 2 is 2.20 bits per heavy atom. The van der Waals surface area contributed by atoms with Crippen LogP contribution in [-0.2, 0) is 9.47 Å². The zero-order valence-electron chi connectivity index (χ0n) is 11.0. The summed E-state index contributed by atoms with van der Waals surface area (Å²) in [7, 11) is 1.62. The number of methoxy groups -OCH3 is 1. The SMILES string of the molecule is COC=Cc1cc2nc(Cl)nc(N3CCOCC3)c2s1. The standard InChI is InChI=1S/C13H14ClN3O2S/c1-18-5-2-9-8-10-11(20-9)12(16-13(14)15-10)17-3-6-19-7-4-17/h2,5,8H,3-4,6-7H2,1H3. The van der Waals surface area contributed by atoms with E-state index in [-0.39, 0.29) is 5.28 Å². The van der Waals surface area contributed by atoms with Crippen LogP contribution in [0.25, 0.3) is 16.3 Å². The van der Waals surface area contributed by atoms with Crippen LogP contribution in [0.15, 0.2) is 12.3 Å². The van der Waals surface area contributed by atoms with Crippen LogP contribution >= 0.6 is 22.9 Å². The normalized spacial score (nSPS) is 16.2. The predicted molar refractivity (Wildman–Crippen MR) is 81.5 cm³/mol. The molecule has 0 aliphatic carbocycles. The van der Waals surface area contributed by atoms with Gasteiger partial charge in [0.1, 0.15) is 0 Å². The zero-order chi connectivity index (χ0) is 13.9. The van der Waals surface area contributed by atoms with Gasteiger partial charge in [0.15, 0.2) is 5.82 Å². The number of fused-ring (bicyclic) bond motifs is 1. The smallest absolute Gasteiger partial charge is 0.224 e. The van der Waals surface area contributed by atoms with Crippen LogP contribution in [0, 0.1) is 0 Å². The molecule has 7 heteroatoms. The molecule has 106 valence electrons. The summed E-state index contributed by atoms with van der Waals surface area (Å²) in [6, 6.07) is 1.99. The van der Waals surface area contributed by atoms with Crippen molar-refractivity contribution in [1.82, 2.24) is 9.97 Å². The van der Waals surface area contributed by atoms with Crippen molar-refractivity contribution in [3.63, 3.8) is 0 Å². The number of morpholine rings is 1. The molecule has 20 heavy (non-hydrogen) atoms. The molecule has 0 spiro atoms. The van der Waals surface area contributed by atoms with Gasteiger partial charge in [-0.05, 0) is 23.7 Å². The fraction of sp³-hybridized carbons (Fsp3) is 0.385. The minimum Gasteiger partial charge on any atom is -0.504 e. The second-order valence-corrected chi connectivity index (χ2v) is 5.74. The van der Waals surface area contributed by atoms with Crippen molar-refractivity contribution in [3.05, 3.63) is 22.5 Å². The first-order valence-corrected chi connectivity index (χ1v) is 7.46. The molecule has 0 saturated carbocycles. The number of nitrogens with zero attached hydrogens (tertiary/aromatic N) is 3. The van der Waals surface area contributed by atoms with Crippen LogP contribution in [0.5, 0.6) is 0 Å². The number of thiophene rings is 1. The number of hydrogen-bond donors (Lipinski definition) is 0. The fourth-order valence-electron chi connectivity index (χ4n) is 2.11. The monoisotopic (exact) mass is 311 g/mol. The molecule has 0 bridgehead atoms. The third-order valence-corrected chi connectivity index (χ3v) is 4.28. The maximum Gasteiger partial charge on any atom is 0.224 e. The lowest BCUT2D eigenvalue weighted by Crippen LogP contribution is -2.36. The molecular formula is C13H14ClN3O2S. The van der Waals surface area contributed by atoms with Crippen molar-refractivity contribution in [2.45, 2.75) is 0 Å². The molecule has 2 aromatic heterocycles. The molecule has 1 fully saturated rings. The van der Waals surface area contributed by atoms with Gasteiger partial charge in [-0.15, -0.1) is 11.3 Å². The van der Waals surface area contributed by atoms with E-state index in [1.165, 1.54) is 0 Å². The predicted octanol–water partition coefficient (Wildman–Crippen LogP) is 2.80. The fourth-order valence-corrected chi connectivity index (χ4v) is 3.29. The molecule has 0 unspecified atom stereocenters.